The van der Waals surface area contributed by atoms with E-state index in [2.05, 4.69) is 75.6 Å². The van der Waals surface area contributed by atoms with Gasteiger partial charge in [-0.3, -0.25) is 0 Å². The van der Waals surface area contributed by atoms with E-state index < -0.39 is 0 Å². The lowest BCUT2D eigenvalue weighted by Gasteiger charge is -2.16. The zero-order valence-corrected chi connectivity index (χ0v) is 15.9. The molecule has 3 nitrogen and oxygen atoms in total. The lowest BCUT2D eigenvalue weighted by molar-refractivity contribution is 0.293. The van der Waals surface area contributed by atoms with Crippen molar-refractivity contribution < 1.29 is 4.74 Å². The van der Waals surface area contributed by atoms with Crippen molar-refractivity contribution in [1.29, 1.82) is 0 Å². The first-order valence-corrected chi connectivity index (χ1v) is 9.16. The third kappa shape index (κ3) is 3.71. The van der Waals surface area contributed by atoms with Gasteiger partial charge in [-0.05, 0) is 42.2 Å². The summed E-state index contributed by atoms with van der Waals surface area (Å²) in [7, 11) is 0. The van der Waals surface area contributed by atoms with Gasteiger partial charge in [-0.2, -0.15) is 0 Å². The average Bonchev–Trinajstić information content (AvgIpc) is 2.94. The van der Waals surface area contributed by atoms with E-state index in [1.807, 2.05) is 6.07 Å². The molecule has 0 saturated carbocycles. The minimum Gasteiger partial charge on any atom is -0.491 e. The van der Waals surface area contributed by atoms with Crippen LogP contribution in [0.3, 0.4) is 0 Å². The number of rotatable bonds is 6. The molecule has 0 aliphatic heterocycles. The largest absolute Gasteiger partial charge is 0.491 e. The fourth-order valence-electron chi connectivity index (χ4n) is 3.26. The maximum atomic E-state index is 6.19. The number of para-hydroxylation sites is 2. The zero-order valence-electron chi connectivity index (χ0n) is 15.9. The fraction of sp³-hybridized carbons (Fsp3) is 0.409. The Bertz CT molecular complexity index is 862. The van der Waals surface area contributed by atoms with Crippen LogP contribution in [0.2, 0.25) is 0 Å². The normalized spacial score (nSPS) is 11.6. The lowest BCUT2D eigenvalue weighted by Crippen LogP contribution is -2.13. The first-order chi connectivity index (χ1) is 12.0. The maximum absolute atomic E-state index is 6.19. The molecule has 1 heterocycles. The maximum Gasteiger partial charge on any atom is 0.123 e. The monoisotopic (exact) mass is 336 g/mol. The minimum absolute atomic E-state index is 0.387. The van der Waals surface area contributed by atoms with Crippen molar-refractivity contribution in [2.24, 2.45) is 0 Å². The average molecular weight is 336 g/mol. The highest BCUT2D eigenvalue weighted by Crippen LogP contribution is 2.28. The number of benzene rings is 2. The standard InChI is InChI=1S/C22H28N2O/c1-15(2)18-11-10-17(5)14-21(18)25-13-12-24-20-9-7-6-8-19(20)23-22(24)16(3)4/h6-11,14-16H,12-13H2,1-5H3. The molecule has 3 aromatic rings. The molecule has 2 aromatic carbocycles. The Morgan fingerprint density at radius 3 is 2.48 bits per heavy atom. The van der Waals surface area contributed by atoms with Gasteiger partial charge in [0.05, 0.1) is 17.6 Å². The molecule has 0 N–H and O–H groups in total. The molecule has 1 aromatic heterocycles. The molecule has 0 amide bonds. The van der Waals surface area contributed by atoms with E-state index in [1.165, 1.54) is 16.6 Å². The highest BCUT2D eigenvalue weighted by atomic mass is 16.5. The van der Waals surface area contributed by atoms with Gasteiger partial charge in [0.2, 0.25) is 0 Å². The summed E-state index contributed by atoms with van der Waals surface area (Å²) < 4.78 is 8.48. The molecule has 0 aliphatic rings. The number of hydrogen-bond acceptors (Lipinski definition) is 2. The van der Waals surface area contributed by atoms with E-state index >= 15 is 0 Å². The Hall–Kier alpha value is -2.29. The third-order valence-electron chi connectivity index (χ3n) is 4.56. The van der Waals surface area contributed by atoms with Crippen LogP contribution in [0.15, 0.2) is 42.5 Å². The Balaban J connectivity index is 1.82. The minimum atomic E-state index is 0.387. The molecule has 3 heteroatoms. The van der Waals surface area contributed by atoms with Gasteiger partial charge in [0.15, 0.2) is 0 Å². The molecular weight excluding hydrogens is 308 g/mol. The van der Waals surface area contributed by atoms with Crippen molar-refractivity contribution in [3.63, 3.8) is 0 Å². The first kappa shape index (κ1) is 17.5. The summed E-state index contributed by atoms with van der Waals surface area (Å²) >= 11 is 0. The highest BCUT2D eigenvalue weighted by Gasteiger charge is 2.14. The number of ether oxygens (including phenoxy) is 1. The van der Waals surface area contributed by atoms with Crippen LogP contribution in [0.25, 0.3) is 11.0 Å². The number of imidazole rings is 1. The van der Waals surface area contributed by atoms with E-state index in [1.54, 1.807) is 0 Å². The van der Waals surface area contributed by atoms with Gasteiger partial charge in [-0.1, -0.05) is 52.0 Å². The highest BCUT2D eigenvalue weighted by molar-refractivity contribution is 5.76. The SMILES string of the molecule is Cc1ccc(C(C)C)c(OCCn2c(C(C)C)nc3ccccc32)c1. The predicted octanol–water partition coefficient (Wildman–Crippen LogP) is 5.67. The van der Waals surface area contributed by atoms with Gasteiger partial charge in [-0.25, -0.2) is 4.98 Å². The molecule has 3 rings (SSSR count). The molecular formula is C22H28N2O. The quantitative estimate of drug-likeness (QED) is 0.580. The Morgan fingerprint density at radius 2 is 1.76 bits per heavy atom. The van der Waals surface area contributed by atoms with Crippen molar-refractivity contribution in [3.8, 4) is 5.75 Å². The molecule has 0 atom stereocenters. The summed E-state index contributed by atoms with van der Waals surface area (Å²) in [6.45, 7) is 12.3. The molecule has 0 spiro atoms. The number of hydrogen-bond donors (Lipinski definition) is 0. The van der Waals surface area contributed by atoms with Crippen LogP contribution in [0.4, 0.5) is 0 Å². The molecule has 0 unspecified atom stereocenters. The topological polar surface area (TPSA) is 27.1 Å². The van der Waals surface area contributed by atoms with Crippen LogP contribution in [0.1, 0.15) is 56.5 Å². The predicted molar refractivity (Wildman–Crippen MR) is 105 cm³/mol. The first-order valence-electron chi connectivity index (χ1n) is 9.16. The van der Waals surface area contributed by atoms with Crippen LogP contribution >= 0.6 is 0 Å². The van der Waals surface area contributed by atoms with Gasteiger partial charge >= 0.3 is 0 Å². The van der Waals surface area contributed by atoms with Crippen molar-refractivity contribution >= 4 is 11.0 Å². The van der Waals surface area contributed by atoms with E-state index in [9.17, 15) is 0 Å². The second-order valence-corrected chi connectivity index (χ2v) is 7.31. The van der Waals surface area contributed by atoms with Gasteiger partial charge < -0.3 is 9.30 Å². The molecule has 0 fully saturated rings. The van der Waals surface area contributed by atoms with Crippen molar-refractivity contribution in [3.05, 3.63) is 59.4 Å². The molecule has 0 aliphatic carbocycles. The van der Waals surface area contributed by atoms with Crippen molar-refractivity contribution in [2.45, 2.75) is 53.0 Å². The Kier molecular flexibility index (Phi) is 5.12. The van der Waals surface area contributed by atoms with Gasteiger partial charge in [0, 0.05) is 5.92 Å². The van der Waals surface area contributed by atoms with Gasteiger partial charge in [-0.15, -0.1) is 0 Å². The van der Waals surface area contributed by atoms with Crippen LogP contribution in [-0.2, 0) is 6.54 Å². The third-order valence-corrected chi connectivity index (χ3v) is 4.56. The summed E-state index contributed by atoms with van der Waals surface area (Å²) in [6, 6.07) is 14.8. The summed E-state index contributed by atoms with van der Waals surface area (Å²) in [5.41, 5.74) is 4.74. The molecule has 0 radical (unpaired) electrons. The number of fused-ring (bicyclic) bond motifs is 1. The zero-order chi connectivity index (χ0) is 18.0. The van der Waals surface area contributed by atoms with E-state index in [4.69, 9.17) is 9.72 Å². The molecule has 0 bridgehead atoms. The molecule has 25 heavy (non-hydrogen) atoms. The smallest absolute Gasteiger partial charge is 0.123 e. The fourth-order valence-corrected chi connectivity index (χ4v) is 3.26. The van der Waals surface area contributed by atoms with Crippen LogP contribution in [0, 0.1) is 6.92 Å². The summed E-state index contributed by atoms with van der Waals surface area (Å²) in [5.74, 6) is 2.97. The van der Waals surface area contributed by atoms with Gasteiger partial charge in [0.25, 0.3) is 0 Å². The van der Waals surface area contributed by atoms with Crippen LogP contribution < -0.4 is 4.74 Å². The summed E-state index contributed by atoms with van der Waals surface area (Å²) in [6.07, 6.45) is 0. The van der Waals surface area contributed by atoms with E-state index in [0.29, 0.717) is 18.4 Å². The molecule has 132 valence electrons. The number of aromatic nitrogens is 2. The Morgan fingerprint density at radius 1 is 1.00 bits per heavy atom. The van der Waals surface area contributed by atoms with Crippen molar-refractivity contribution in [1.82, 2.24) is 9.55 Å². The van der Waals surface area contributed by atoms with E-state index in [-0.39, 0.29) is 0 Å². The molecule has 0 saturated heterocycles. The Labute approximate surface area is 150 Å². The number of aryl methyl sites for hydroxylation is 1. The second kappa shape index (κ2) is 7.30. The van der Waals surface area contributed by atoms with Crippen LogP contribution in [-0.4, -0.2) is 16.2 Å². The van der Waals surface area contributed by atoms with Crippen molar-refractivity contribution in [2.75, 3.05) is 6.61 Å². The van der Waals surface area contributed by atoms with Gasteiger partial charge in [0.1, 0.15) is 18.2 Å². The second-order valence-electron chi connectivity index (χ2n) is 7.31. The summed E-state index contributed by atoms with van der Waals surface area (Å²) in [4.78, 5) is 4.81. The van der Waals surface area contributed by atoms with E-state index in [0.717, 1.165) is 23.6 Å². The lowest BCUT2D eigenvalue weighted by atomic mass is 10.0. The summed E-state index contributed by atoms with van der Waals surface area (Å²) in [5, 5.41) is 0. The number of nitrogens with zero attached hydrogens (tertiary/aromatic N) is 2. The van der Waals surface area contributed by atoms with Crippen LogP contribution in [0.5, 0.6) is 5.75 Å².